The van der Waals surface area contributed by atoms with Gasteiger partial charge < -0.3 is 19.3 Å². The number of carbonyl (C=O) groups is 2. The van der Waals surface area contributed by atoms with E-state index in [9.17, 15) is 14.7 Å². The number of hydrogen-bond donors (Lipinski definition) is 1. The third-order valence-electron chi connectivity index (χ3n) is 7.72. The minimum Gasteiger partial charge on any atom is -0.457 e. The van der Waals surface area contributed by atoms with Gasteiger partial charge in [-0.3, -0.25) is 0 Å². The van der Waals surface area contributed by atoms with Gasteiger partial charge in [-0.05, 0) is 80.8 Å². The molecule has 0 heterocycles. The van der Waals surface area contributed by atoms with Crippen LogP contribution in [-0.2, 0) is 36.8 Å². The van der Waals surface area contributed by atoms with Crippen molar-refractivity contribution in [2.24, 2.45) is 17.3 Å². The Morgan fingerprint density at radius 2 is 1.56 bits per heavy atom. The summed E-state index contributed by atoms with van der Waals surface area (Å²) in [6, 6.07) is 8.01. The van der Waals surface area contributed by atoms with Crippen molar-refractivity contribution in [2.75, 3.05) is 13.2 Å². The lowest BCUT2D eigenvalue weighted by Crippen LogP contribution is -2.63. The molecule has 2 atom stereocenters. The fourth-order valence-electron chi connectivity index (χ4n) is 6.45. The second-order valence-corrected chi connectivity index (χ2v) is 10.8. The first-order chi connectivity index (χ1) is 16.1. The van der Waals surface area contributed by atoms with Crippen molar-refractivity contribution in [2.45, 2.75) is 70.7 Å². The maximum Gasteiger partial charge on any atom is 0.333 e. The second-order valence-electron chi connectivity index (χ2n) is 10.8. The molecule has 5 rings (SSSR count). The number of rotatable bonds is 10. The first kappa shape index (κ1) is 24.7. The molecule has 6 heteroatoms. The van der Waals surface area contributed by atoms with Crippen molar-refractivity contribution < 1.29 is 28.9 Å². The van der Waals surface area contributed by atoms with E-state index in [0.717, 1.165) is 49.7 Å². The molecule has 2 unspecified atom stereocenters. The van der Waals surface area contributed by atoms with E-state index in [1.165, 1.54) is 0 Å². The molecule has 0 saturated heterocycles. The Bertz CT molecular complexity index is 946. The van der Waals surface area contributed by atoms with Gasteiger partial charge in [0.15, 0.2) is 0 Å². The summed E-state index contributed by atoms with van der Waals surface area (Å²) in [5, 5.41) is 10.2. The Labute approximate surface area is 202 Å². The highest BCUT2D eigenvalue weighted by Crippen LogP contribution is 2.63. The summed E-state index contributed by atoms with van der Waals surface area (Å²) in [5.74, 6) is -0.133. The van der Waals surface area contributed by atoms with Crippen LogP contribution in [0.5, 0.6) is 0 Å². The van der Waals surface area contributed by atoms with Crippen LogP contribution in [-0.4, -0.2) is 42.0 Å². The zero-order chi connectivity index (χ0) is 24.5. The van der Waals surface area contributed by atoms with Gasteiger partial charge >= 0.3 is 11.9 Å². The molecule has 0 amide bonds. The molecule has 34 heavy (non-hydrogen) atoms. The normalized spacial score (nSPS) is 31.2. The van der Waals surface area contributed by atoms with E-state index in [0.29, 0.717) is 17.8 Å². The Kier molecular flexibility index (Phi) is 7.02. The van der Waals surface area contributed by atoms with E-state index in [-0.39, 0.29) is 48.5 Å². The third kappa shape index (κ3) is 5.13. The number of carbonyl (C=O) groups excluding carboxylic acids is 2. The lowest BCUT2D eigenvalue weighted by atomic mass is 9.47. The zero-order valence-electron chi connectivity index (χ0n) is 20.3. The number of esters is 2. The lowest BCUT2D eigenvalue weighted by molar-refractivity contribution is -0.238. The molecule has 0 spiro atoms. The molecule has 4 aliphatic carbocycles. The van der Waals surface area contributed by atoms with E-state index >= 15 is 0 Å². The van der Waals surface area contributed by atoms with Crippen molar-refractivity contribution >= 4 is 11.9 Å². The molecule has 0 aliphatic heterocycles. The zero-order valence-corrected chi connectivity index (χ0v) is 20.3. The topological polar surface area (TPSA) is 82.1 Å². The Balaban J connectivity index is 1.32. The molecule has 4 fully saturated rings. The molecule has 4 saturated carbocycles. The maximum atomic E-state index is 12.3. The van der Waals surface area contributed by atoms with Gasteiger partial charge in [0.05, 0.1) is 12.7 Å². The summed E-state index contributed by atoms with van der Waals surface area (Å²) < 4.78 is 17.6. The van der Waals surface area contributed by atoms with E-state index in [1.54, 1.807) is 13.8 Å². The molecule has 0 radical (unpaired) electrons. The van der Waals surface area contributed by atoms with Gasteiger partial charge in [-0.15, -0.1) is 0 Å². The summed E-state index contributed by atoms with van der Waals surface area (Å²) in [7, 11) is 0. The molecule has 184 valence electrons. The smallest absolute Gasteiger partial charge is 0.333 e. The summed E-state index contributed by atoms with van der Waals surface area (Å²) >= 11 is 0. The Morgan fingerprint density at radius 1 is 0.971 bits per heavy atom. The van der Waals surface area contributed by atoms with Gasteiger partial charge in [0, 0.05) is 17.8 Å². The molecule has 1 N–H and O–H groups in total. The van der Waals surface area contributed by atoms with Gasteiger partial charge in [0.1, 0.15) is 12.2 Å². The van der Waals surface area contributed by atoms with Crippen LogP contribution in [0.3, 0.4) is 0 Å². The second kappa shape index (κ2) is 9.67. The average molecular weight is 469 g/mol. The quantitative estimate of drug-likeness (QED) is 0.407. The number of hydrogen-bond acceptors (Lipinski definition) is 6. The SMILES string of the molecule is C=C(C)C(=O)OCc1ccc(CCOC2C3CC4(CO)CC2CC(OC(=O)C(=C)C)(C3)C4)cc1. The highest BCUT2D eigenvalue weighted by atomic mass is 16.6. The first-order valence-corrected chi connectivity index (χ1v) is 12.2. The number of aliphatic hydroxyl groups is 1. The fourth-order valence-corrected chi connectivity index (χ4v) is 6.45. The number of benzene rings is 1. The van der Waals surface area contributed by atoms with Gasteiger partial charge in [0.2, 0.25) is 0 Å². The van der Waals surface area contributed by atoms with Gasteiger partial charge in [-0.1, -0.05) is 37.4 Å². The minimum atomic E-state index is -0.492. The van der Waals surface area contributed by atoms with Crippen molar-refractivity contribution in [3.8, 4) is 0 Å². The molecule has 1 aromatic carbocycles. The molecular weight excluding hydrogens is 432 g/mol. The molecule has 6 nitrogen and oxygen atoms in total. The average Bonchev–Trinajstić information content (AvgIpc) is 2.79. The van der Waals surface area contributed by atoms with Crippen LogP contribution < -0.4 is 0 Å². The van der Waals surface area contributed by atoms with Crippen LogP contribution >= 0.6 is 0 Å². The van der Waals surface area contributed by atoms with Gasteiger partial charge in [-0.2, -0.15) is 0 Å². The van der Waals surface area contributed by atoms with Crippen LogP contribution in [0.15, 0.2) is 48.6 Å². The van der Waals surface area contributed by atoms with Crippen molar-refractivity contribution in [3.63, 3.8) is 0 Å². The van der Waals surface area contributed by atoms with E-state index in [1.807, 2.05) is 24.3 Å². The molecule has 1 aromatic rings. The molecule has 4 aliphatic rings. The minimum absolute atomic E-state index is 0.132. The van der Waals surface area contributed by atoms with E-state index in [4.69, 9.17) is 14.2 Å². The fraction of sp³-hybridized carbons (Fsp3) is 0.571. The molecule has 4 bridgehead atoms. The summed E-state index contributed by atoms with van der Waals surface area (Å²) in [6.45, 7) is 11.6. The standard InChI is InChI=1S/C28H36O6/c1-18(2)25(30)33-15-21-7-5-20(6-8-21)9-10-32-24-22-11-27(17-29)12-23(24)14-28(13-22,16-27)34-26(31)19(3)4/h5-8,22-24,29H,1,3,9-17H2,2,4H3. The lowest BCUT2D eigenvalue weighted by Gasteiger charge is -2.63. The molecule has 0 aromatic heterocycles. The Morgan fingerprint density at radius 3 is 2.12 bits per heavy atom. The van der Waals surface area contributed by atoms with E-state index < -0.39 is 5.60 Å². The van der Waals surface area contributed by atoms with Crippen LogP contribution in [0.2, 0.25) is 0 Å². The maximum absolute atomic E-state index is 12.3. The predicted octanol–water partition coefficient (Wildman–Crippen LogP) is 4.29. The van der Waals surface area contributed by atoms with Gasteiger partial charge in [0.25, 0.3) is 0 Å². The summed E-state index contributed by atoms with van der Waals surface area (Å²) in [4.78, 5) is 23.9. The predicted molar refractivity (Wildman–Crippen MR) is 128 cm³/mol. The largest absolute Gasteiger partial charge is 0.457 e. The monoisotopic (exact) mass is 468 g/mol. The van der Waals surface area contributed by atoms with Crippen molar-refractivity contribution in [3.05, 3.63) is 59.7 Å². The summed E-state index contributed by atoms with van der Waals surface area (Å²) in [5.41, 5.74) is 2.25. The van der Waals surface area contributed by atoms with Crippen LogP contribution in [0.4, 0.5) is 0 Å². The Hall–Kier alpha value is -2.44. The van der Waals surface area contributed by atoms with Crippen LogP contribution in [0.25, 0.3) is 0 Å². The van der Waals surface area contributed by atoms with Crippen molar-refractivity contribution in [1.82, 2.24) is 0 Å². The molecular formula is C28H36O6. The van der Waals surface area contributed by atoms with Crippen LogP contribution in [0, 0.1) is 17.3 Å². The highest BCUT2D eigenvalue weighted by molar-refractivity contribution is 5.87. The highest BCUT2D eigenvalue weighted by Gasteiger charge is 2.63. The van der Waals surface area contributed by atoms with E-state index in [2.05, 4.69) is 13.2 Å². The van der Waals surface area contributed by atoms with Gasteiger partial charge in [-0.25, -0.2) is 9.59 Å². The van der Waals surface area contributed by atoms with Crippen LogP contribution in [0.1, 0.15) is 57.1 Å². The number of aliphatic hydroxyl groups excluding tert-OH is 1. The van der Waals surface area contributed by atoms with Crippen molar-refractivity contribution in [1.29, 1.82) is 0 Å². The third-order valence-corrected chi connectivity index (χ3v) is 7.72. The summed E-state index contributed by atoms with van der Waals surface area (Å²) in [6.07, 6.45) is 5.12. The number of ether oxygens (including phenoxy) is 3. The first-order valence-electron chi connectivity index (χ1n) is 12.2.